The summed E-state index contributed by atoms with van der Waals surface area (Å²) in [5, 5.41) is 12.0. The number of methoxy groups -OCH3 is 1. The molecular weight excluding hydrogens is 322 g/mol. The Morgan fingerprint density at radius 3 is 2.91 bits per heavy atom. The maximum absolute atomic E-state index is 11.4. The third-order valence-corrected chi connectivity index (χ3v) is 5.35. The Kier molecular flexibility index (Phi) is 4.79. The van der Waals surface area contributed by atoms with E-state index in [-0.39, 0.29) is 11.2 Å². The van der Waals surface area contributed by atoms with E-state index in [1.807, 2.05) is 24.3 Å². The number of ether oxygens (including phenoxy) is 2. The van der Waals surface area contributed by atoms with Crippen LogP contribution in [-0.2, 0) is 16.1 Å². The van der Waals surface area contributed by atoms with Crippen molar-refractivity contribution in [1.82, 2.24) is 10.2 Å². The standard InChI is InChI=1S/C14H15N3O3S2/c1-19-10-4-2-9(3-5-10)8-15-13-16-17-14(22-13)21-11-6-7-20-12(11)18/h2-5,11H,6-8H2,1H3,(H,15,16)/t11-/m0/s1. The van der Waals surface area contributed by atoms with Gasteiger partial charge in [-0.2, -0.15) is 0 Å². The van der Waals surface area contributed by atoms with Crippen LogP contribution in [0.3, 0.4) is 0 Å². The second kappa shape index (κ2) is 6.97. The van der Waals surface area contributed by atoms with Crippen molar-refractivity contribution in [2.45, 2.75) is 22.6 Å². The molecule has 0 unspecified atom stereocenters. The van der Waals surface area contributed by atoms with Gasteiger partial charge < -0.3 is 14.8 Å². The van der Waals surface area contributed by atoms with Crippen molar-refractivity contribution in [2.75, 3.05) is 19.0 Å². The van der Waals surface area contributed by atoms with Gasteiger partial charge in [0.25, 0.3) is 0 Å². The monoisotopic (exact) mass is 337 g/mol. The first kappa shape index (κ1) is 15.1. The highest BCUT2D eigenvalue weighted by molar-refractivity contribution is 8.02. The molecule has 1 saturated heterocycles. The molecular formula is C14H15N3O3S2. The number of rotatable bonds is 6. The molecule has 1 atom stereocenters. The van der Waals surface area contributed by atoms with Gasteiger partial charge in [0, 0.05) is 13.0 Å². The summed E-state index contributed by atoms with van der Waals surface area (Å²) < 4.78 is 10.8. The van der Waals surface area contributed by atoms with Crippen LogP contribution in [0.25, 0.3) is 0 Å². The molecule has 1 fully saturated rings. The topological polar surface area (TPSA) is 73.3 Å². The SMILES string of the molecule is COc1ccc(CNc2nnc(S[C@H]3CCOC3=O)s2)cc1. The molecule has 8 heteroatoms. The summed E-state index contributed by atoms with van der Waals surface area (Å²) in [6, 6.07) is 7.84. The van der Waals surface area contributed by atoms with Gasteiger partial charge in [-0.25, -0.2) is 0 Å². The summed E-state index contributed by atoms with van der Waals surface area (Å²) in [5.74, 6) is 0.676. The molecule has 0 saturated carbocycles. The van der Waals surface area contributed by atoms with Crippen LogP contribution in [-0.4, -0.2) is 35.1 Å². The van der Waals surface area contributed by atoms with Gasteiger partial charge in [0.1, 0.15) is 11.0 Å². The fourth-order valence-corrected chi connectivity index (χ4v) is 3.92. The van der Waals surface area contributed by atoms with Crippen molar-refractivity contribution < 1.29 is 14.3 Å². The fourth-order valence-electron chi connectivity index (χ4n) is 1.96. The van der Waals surface area contributed by atoms with Gasteiger partial charge in [-0.3, -0.25) is 4.79 Å². The Labute approximate surface area is 136 Å². The summed E-state index contributed by atoms with van der Waals surface area (Å²) >= 11 is 2.87. The summed E-state index contributed by atoms with van der Waals surface area (Å²) in [6.07, 6.45) is 0.734. The number of hydrogen-bond acceptors (Lipinski definition) is 8. The second-order valence-corrected chi connectivity index (χ2v) is 7.06. The largest absolute Gasteiger partial charge is 0.497 e. The van der Waals surface area contributed by atoms with Gasteiger partial charge in [0.2, 0.25) is 5.13 Å². The lowest BCUT2D eigenvalue weighted by atomic mass is 10.2. The zero-order valence-electron chi connectivity index (χ0n) is 11.9. The van der Waals surface area contributed by atoms with E-state index >= 15 is 0 Å². The van der Waals surface area contributed by atoms with Crippen LogP contribution in [0.1, 0.15) is 12.0 Å². The number of aromatic nitrogens is 2. The Morgan fingerprint density at radius 2 is 2.23 bits per heavy atom. The molecule has 3 rings (SSSR count). The number of carbonyl (C=O) groups is 1. The lowest BCUT2D eigenvalue weighted by molar-refractivity contribution is -0.137. The lowest BCUT2D eigenvalue weighted by Crippen LogP contribution is -2.08. The highest BCUT2D eigenvalue weighted by atomic mass is 32.2. The molecule has 1 aromatic carbocycles. The molecule has 1 aliphatic rings. The third kappa shape index (κ3) is 3.69. The molecule has 0 spiro atoms. The van der Waals surface area contributed by atoms with Gasteiger partial charge in [-0.05, 0) is 17.7 Å². The number of thioether (sulfide) groups is 1. The number of esters is 1. The smallest absolute Gasteiger partial charge is 0.319 e. The summed E-state index contributed by atoms with van der Waals surface area (Å²) in [6.45, 7) is 1.16. The molecule has 1 N–H and O–H groups in total. The van der Waals surface area contributed by atoms with Crippen LogP contribution in [0, 0.1) is 0 Å². The molecule has 0 bridgehead atoms. The highest BCUT2D eigenvalue weighted by Gasteiger charge is 2.28. The molecule has 1 aliphatic heterocycles. The fraction of sp³-hybridized carbons (Fsp3) is 0.357. The molecule has 1 aromatic heterocycles. The van der Waals surface area contributed by atoms with Crippen molar-refractivity contribution in [2.24, 2.45) is 0 Å². The van der Waals surface area contributed by atoms with Crippen LogP contribution in [0.2, 0.25) is 0 Å². The van der Waals surface area contributed by atoms with Crippen LogP contribution in [0.4, 0.5) is 5.13 Å². The van der Waals surface area contributed by atoms with Gasteiger partial charge in [-0.15, -0.1) is 10.2 Å². The minimum atomic E-state index is -0.159. The minimum Gasteiger partial charge on any atom is -0.497 e. The summed E-state index contributed by atoms with van der Waals surface area (Å²) in [7, 11) is 1.65. The lowest BCUT2D eigenvalue weighted by Gasteiger charge is -2.04. The second-order valence-electron chi connectivity index (χ2n) is 4.64. The first-order chi connectivity index (χ1) is 10.7. The Bertz CT molecular complexity index is 645. The normalized spacial score (nSPS) is 17.3. The van der Waals surface area contributed by atoms with Gasteiger partial charge in [-0.1, -0.05) is 35.2 Å². The molecule has 0 amide bonds. The van der Waals surface area contributed by atoms with Gasteiger partial charge in [0.05, 0.1) is 13.7 Å². The predicted octanol–water partition coefficient (Wildman–Crippen LogP) is 2.57. The van der Waals surface area contributed by atoms with Crippen molar-refractivity contribution in [3.05, 3.63) is 29.8 Å². The van der Waals surface area contributed by atoms with Crippen LogP contribution < -0.4 is 10.1 Å². The number of nitrogens with one attached hydrogen (secondary N) is 1. The molecule has 0 aliphatic carbocycles. The van der Waals surface area contributed by atoms with E-state index in [1.54, 1.807) is 7.11 Å². The van der Waals surface area contributed by atoms with E-state index in [0.717, 1.165) is 27.2 Å². The minimum absolute atomic E-state index is 0.151. The van der Waals surface area contributed by atoms with E-state index < -0.39 is 0 Å². The predicted molar refractivity (Wildman–Crippen MR) is 85.5 cm³/mol. The number of benzene rings is 1. The molecule has 116 valence electrons. The van der Waals surface area contributed by atoms with Crippen molar-refractivity contribution in [1.29, 1.82) is 0 Å². The Balaban J connectivity index is 1.53. The Morgan fingerprint density at radius 1 is 1.41 bits per heavy atom. The quantitative estimate of drug-likeness (QED) is 0.812. The maximum atomic E-state index is 11.4. The summed E-state index contributed by atoms with van der Waals surface area (Å²) in [5.41, 5.74) is 1.13. The molecule has 2 aromatic rings. The Hall–Kier alpha value is -1.80. The van der Waals surface area contributed by atoms with E-state index in [0.29, 0.717) is 13.2 Å². The number of anilines is 1. The summed E-state index contributed by atoms with van der Waals surface area (Å²) in [4.78, 5) is 11.4. The maximum Gasteiger partial charge on any atom is 0.319 e. The third-order valence-electron chi connectivity index (χ3n) is 3.14. The average Bonchev–Trinajstić information content (AvgIpc) is 3.16. The number of carbonyl (C=O) groups excluding carboxylic acids is 1. The molecule has 2 heterocycles. The highest BCUT2D eigenvalue weighted by Crippen LogP contribution is 2.33. The first-order valence-corrected chi connectivity index (χ1v) is 8.48. The van der Waals surface area contributed by atoms with Crippen molar-refractivity contribution in [3.8, 4) is 5.75 Å². The average molecular weight is 337 g/mol. The van der Waals surface area contributed by atoms with Gasteiger partial charge >= 0.3 is 5.97 Å². The number of nitrogens with zero attached hydrogens (tertiary/aromatic N) is 2. The first-order valence-electron chi connectivity index (χ1n) is 6.78. The van der Waals surface area contributed by atoms with Crippen LogP contribution >= 0.6 is 23.1 Å². The molecule has 6 nitrogen and oxygen atoms in total. The number of cyclic esters (lactones) is 1. The van der Waals surface area contributed by atoms with Crippen molar-refractivity contribution in [3.63, 3.8) is 0 Å². The van der Waals surface area contributed by atoms with E-state index in [4.69, 9.17) is 9.47 Å². The van der Waals surface area contributed by atoms with E-state index in [9.17, 15) is 4.79 Å². The van der Waals surface area contributed by atoms with E-state index in [1.165, 1.54) is 23.1 Å². The zero-order valence-corrected chi connectivity index (χ0v) is 13.6. The van der Waals surface area contributed by atoms with E-state index in [2.05, 4.69) is 15.5 Å². The number of hydrogen-bond donors (Lipinski definition) is 1. The molecule has 22 heavy (non-hydrogen) atoms. The van der Waals surface area contributed by atoms with Gasteiger partial charge in [0.15, 0.2) is 4.34 Å². The molecule has 0 radical (unpaired) electrons. The van der Waals surface area contributed by atoms with Crippen LogP contribution in [0.5, 0.6) is 5.75 Å². The zero-order chi connectivity index (χ0) is 15.4. The van der Waals surface area contributed by atoms with Crippen LogP contribution in [0.15, 0.2) is 28.6 Å². The van der Waals surface area contributed by atoms with Crippen molar-refractivity contribution >= 4 is 34.2 Å².